The molecule has 0 spiro atoms. The van der Waals surface area contributed by atoms with E-state index in [9.17, 15) is 4.79 Å². The van der Waals surface area contributed by atoms with Gasteiger partial charge in [-0.3, -0.25) is 4.79 Å². The van der Waals surface area contributed by atoms with Gasteiger partial charge in [-0.25, -0.2) is 0 Å². The second-order valence-corrected chi connectivity index (χ2v) is 4.00. The van der Waals surface area contributed by atoms with Gasteiger partial charge in [-0.1, -0.05) is 0 Å². The van der Waals surface area contributed by atoms with E-state index in [0.717, 1.165) is 12.2 Å². The Morgan fingerprint density at radius 3 is 2.64 bits per heavy atom. The maximum Gasteiger partial charge on any atom is 0.312 e. The molecule has 11 heavy (non-hydrogen) atoms. The van der Waals surface area contributed by atoms with E-state index in [1.165, 1.54) is 0 Å². The van der Waals surface area contributed by atoms with E-state index in [4.69, 9.17) is 10.2 Å². The van der Waals surface area contributed by atoms with E-state index in [1.807, 2.05) is 0 Å². The largest absolute Gasteiger partial charge is 0.481 e. The van der Waals surface area contributed by atoms with Crippen LogP contribution in [-0.2, 0) is 4.79 Å². The molecule has 0 amide bonds. The van der Waals surface area contributed by atoms with Gasteiger partial charge in [0.2, 0.25) is 0 Å². The summed E-state index contributed by atoms with van der Waals surface area (Å²) in [5.41, 5.74) is -0.844. The van der Waals surface area contributed by atoms with Crippen LogP contribution in [0.3, 0.4) is 0 Å². The molecule has 0 aliphatic carbocycles. The quantitative estimate of drug-likeness (QED) is 0.646. The number of carbonyl (C=O) groups is 1. The maximum atomic E-state index is 10.7. The minimum Gasteiger partial charge on any atom is -0.481 e. The van der Waals surface area contributed by atoms with Crippen LogP contribution in [0, 0.1) is 5.41 Å². The Morgan fingerprint density at radius 1 is 1.64 bits per heavy atom. The van der Waals surface area contributed by atoms with Crippen LogP contribution in [0.5, 0.6) is 0 Å². The first-order chi connectivity index (χ1) is 5.21. The molecule has 3 nitrogen and oxygen atoms in total. The van der Waals surface area contributed by atoms with Crippen LogP contribution in [-0.4, -0.2) is 34.3 Å². The van der Waals surface area contributed by atoms with Gasteiger partial charge in [0.25, 0.3) is 0 Å². The Labute approximate surface area is 69.8 Å². The van der Waals surface area contributed by atoms with Crippen molar-refractivity contribution in [2.75, 3.05) is 18.1 Å². The van der Waals surface area contributed by atoms with Crippen molar-refractivity contribution in [1.82, 2.24) is 0 Å². The average molecular weight is 176 g/mol. The standard InChI is InChI=1S/C7H12O3S/c8-4-7(6(9)10)2-1-3-11-5-7/h8H,1-5H2,(H,9,10). The maximum absolute atomic E-state index is 10.7. The molecule has 1 heterocycles. The number of rotatable bonds is 2. The summed E-state index contributed by atoms with van der Waals surface area (Å²) in [6.45, 7) is -0.227. The molecule has 1 aliphatic heterocycles. The molecule has 1 unspecified atom stereocenters. The smallest absolute Gasteiger partial charge is 0.312 e. The van der Waals surface area contributed by atoms with E-state index in [0.29, 0.717) is 12.2 Å². The summed E-state index contributed by atoms with van der Waals surface area (Å²) in [4.78, 5) is 10.7. The zero-order valence-corrected chi connectivity index (χ0v) is 7.06. The van der Waals surface area contributed by atoms with Gasteiger partial charge in [-0.05, 0) is 18.6 Å². The van der Waals surface area contributed by atoms with Crippen molar-refractivity contribution >= 4 is 17.7 Å². The SMILES string of the molecule is O=C(O)C1(CO)CCCSC1. The highest BCUT2D eigenvalue weighted by molar-refractivity contribution is 7.99. The summed E-state index contributed by atoms with van der Waals surface area (Å²) < 4.78 is 0. The molecule has 1 fully saturated rings. The molecule has 0 aromatic rings. The molecule has 2 N–H and O–H groups in total. The lowest BCUT2D eigenvalue weighted by Gasteiger charge is -2.30. The van der Waals surface area contributed by atoms with E-state index in [1.54, 1.807) is 11.8 Å². The average Bonchev–Trinajstić information content (AvgIpc) is 2.05. The van der Waals surface area contributed by atoms with Crippen LogP contribution >= 0.6 is 11.8 Å². The van der Waals surface area contributed by atoms with Gasteiger partial charge in [0.15, 0.2) is 0 Å². The molecule has 0 aromatic heterocycles. The lowest BCUT2D eigenvalue weighted by molar-refractivity contribution is -0.150. The highest BCUT2D eigenvalue weighted by Gasteiger charge is 2.39. The number of thioether (sulfide) groups is 1. The Bertz CT molecular complexity index is 152. The number of hydrogen-bond donors (Lipinski definition) is 2. The molecule has 0 radical (unpaired) electrons. The van der Waals surface area contributed by atoms with Crippen molar-refractivity contribution in [3.63, 3.8) is 0 Å². The molecule has 1 aliphatic rings. The molecule has 1 rings (SSSR count). The van der Waals surface area contributed by atoms with Gasteiger partial charge in [-0.15, -0.1) is 0 Å². The molecule has 1 atom stereocenters. The minimum absolute atomic E-state index is 0.227. The first-order valence-corrected chi connectivity index (χ1v) is 4.79. The molecule has 4 heteroatoms. The molecule has 0 saturated carbocycles. The number of carboxylic acid groups (broad SMARTS) is 1. The van der Waals surface area contributed by atoms with E-state index in [2.05, 4.69) is 0 Å². The zero-order valence-electron chi connectivity index (χ0n) is 6.25. The molecule has 64 valence electrons. The fraction of sp³-hybridized carbons (Fsp3) is 0.857. The Kier molecular flexibility index (Phi) is 2.78. The predicted molar refractivity (Wildman–Crippen MR) is 43.7 cm³/mol. The summed E-state index contributed by atoms with van der Waals surface area (Å²) in [5.74, 6) is 0.723. The van der Waals surface area contributed by atoms with Gasteiger partial charge in [0, 0.05) is 5.75 Å². The van der Waals surface area contributed by atoms with Crippen LogP contribution in [0.1, 0.15) is 12.8 Å². The van der Waals surface area contributed by atoms with Crippen LogP contribution in [0.25, 0.3) is 0 Å². The Morgan fingerprint density at radius 2 is 2.36 bits per heavy atom. The van der Waals surface area contributed by atoms with E-state index >= 15 is 0 Å². The normalized spacial score (nSPS) is 31.7. The molecular formula is C7H12O3S. The first kappa shape index (κ1) is 8.87. The van der Waals surface area contributed by atoms with Crippen LogP contribution in [0.2, 0.25) is 0 Å². The van der Waals surface area contributed by atoms with Gasteiger partial charge < -0.3 is 10.2 Å². The number of carboxylic acids is 1. The lowest BCUT2D eigenvalue weighted by Crippen LogP contribution is -2.39. The fourth-order valence-electron chi connectivity index (χ4n) is 1.21. The van der Waals surface area contributed by atoms with E-state index in [-0.39, 0.29) is 6.61 Å². The fourth-order valence-corrected chi connectivity index (χ4v) is 2.46. The monoisotopic (exact) mass is 176 g/mol. The first-order valence-electron chi connectivity index (χ1n) is 3.63. The summed E-state index contributed by atoms with van der Waals surface area (Å²) >= 11 is 1.61. The summed E-state index contributed by atoms with van der Waals surface area (Å²) in [5, 5.41) is 17.7. The summed E-state index contributed by atoms with van der Waals surface area (Å²) in [6.07, 6.45) is 1.52. The van der Waals surface area contributed by atoms with Crippen molar-refractivity contribution in [2.45, 2.75) is 12.8 Å². The Hall–Kier alpha value is -0.220. The van der Waals surface area contributed by atoms with Crippen molar-refractivity contribution < 1.29 is 15.0 Å². The number of hydrogen-bond acceptors (Lipinski definition) is 3. The van der Waals surface area contributed by atoms with Gasteiger partial charge in [0.1, 0.15) is 0 Å². The zero-order chi connectivity index (χ0) is 8.32. The highest BCUT2D eigenvalue weighted by atomic mass is 32.2. The van der Waals surface area contributed by atoms with Gasteiger partial charge >= 0.3 is 5.97 Å². The third-order valence-corrected chi connectivity index (χ3v) is 3.41. The Balaban J connectivity index is 2.64. The molecule has 1 saturated heterocycles. The molecule has 0 aromatic carbocycles. The van der Waals surface area contributed by atoms with Crippen LogP contribution in [0.4, 0.5) is 0 Å². The van der Waals surface area contributed by atoms with Crippen molar-refractivity contribution in [1.29, 1.82) is 0 Å². The van der Waals surface area contributed by atoms with Crippen molar-refractivity contribution in [2.24, 2.45) is 5.41 Å². The van der Waals surface area contributed by atoms with Crippen LogP contribution < -0.4 is 0 Å². The second kappa shape index (κ2) is 3.45. The van der Waals surface area contributed by atoms with Crippen LogP contribution in [0.15, 0.2) is 0 Å². The van der Waals surface area contributed by atoms with Gasteiger partial charge in [0.05, 0.1) is 12.0 Å². The third-order valence-electron chi connectivity index (χ3n) is 2.08. The lowest BCUT2D eigenvalue weighted by atomic mass is 9.86. The third kappa shape index (κ3) is 1.68. The predicted octanol–water partition coefficient (Wildman–Crippen LogP) is 0.577. The summed E-state index contributed by atoms with van der Waals surface area (Å²) in [6, 6.07) is 0. The highest BCUT2D eigenvalue weighted by Crippen LogP contribution is 2.34. The minimum atomic E-state index is -0.854. The number of aliphatic hydroxyl groups excluding tert-OH is 1. The van der Waals surface area contributed by atoms with Crippen molar-refractivity contribution in [3.8, 4) is 0 Å². The molecular weight excluding hydrogens is 164 g/mol. The second-order valence-electron chi connectivity index (χ2n) is 2.90. The summed E-state index contributed by atoms with van der Waals surface area (Å²) in [7, 11) is 0. The molecule has 0 bridgehead atoms. The van der Waals surface area contributed by atoms with Crippen molar-refractivity contribution in [3.05, 3.63) is 0 Å². The topological polar surface area (TPSA) is 57.5 Å². The van der Waals surface area contributed by atoms with E-state index < -0.39 is 11.4 Å². The number of aliphatic hydroxyl groups is 1. The van der Waals surface area contributed by atoms with Gasteiger partial charge in [-0.2, -0.15) is 11.8 Å². The number of aliphatic carboxylic acids is 1.